The van der Waals surface area contributed by atoms with Gasteiger partial charge in [0.15, 0.2) is 0 Å². The number of carbonyl (C=O) groups excluding carboxylic acids is 1. The average Bonchev–Trinajstić information content (AvgIpc) is 2.69. The maximum Gasteiger partial charge on any atom is 0.267 e. The van der Waals surface area contributed by atoms with Crippen molar-refractivity contribution >= 4 is 15.9 Å². The standard InChI is InChI=1S/C12H19N3O3S/c13-19(17,18)9-3-7-14-12(16)11-6-2-8-15(11)10-4-1-5-10/h2,6,8,10H,1,3-5,7,9H2,(H,14,16)(H2,13,17,18). The van der Waals surface area contributed by atoms with Gasteiger partial charge < -0.3 is 9.88 Å². The van der Waals surface area contributed by atoms with Crippen molar-refractivity contribution in [3.8, 4) is 0 Å². The molecule has 7 heteroatoms. The third kappa shape index (κ3) is 3.81. The Morgan fingerprint density at radius 1 is 1.47 bits per heavy atom. The topological polar surface area (TPSA) is 94.2 Å². The molecule has 0 atom stereocenters. The molecule has 1 heterocycles. The molecule has 19 heavy (non-hydrogen) atoms. The first kappa shape index (κ1) is 14.1. The highest BCUT2D eigenvalue weighted by atomic mass is 32.2. The molecule has 6 nitrogen and oxygen atoms in total. The monoisotopic (exact) mass is 285 g/mol. The first-order valence-corrected chi connectivity index (χ1v) is 8.14. The number of nitrogens with zero attached hydrogens (tertiary/aromatic N) is 1. The first-order chi connectivity index (χ1) is 8.97. The van der Waals surface area contributed by atoms with Gasteiger partial charge in [-0.2, -0.15) is 0 Å². The van der Waals surface area contributed by atoms with Crippen molar-refractivity contribution in [2.24, 2.45) is 5.14 Å². The van der Waals surface area contributed by atoms with E-state index in [9.17, 15) is 13.2 Å². The Morgan fingerprint density at radius 2 is 2.21 bits per heavy atom. The second kappa shape index (κ2) is 5.75. The van der Waals surface area contributed by atoms with Gasteiger partial charge in [0, 0.05) is 18.8 Å². The number of carbonyl (C=O) groups is 1. The molecule has 1 fully saturated rings. The molecule has 0 unspecified atom stereocenters. The number of nitrogens with one attached hydrogen (secondary N) is 1. The molecular formula is C12H19N3O3S. The quantitative estimate of drug-likeness (QED) is 0.750. The smallest absolute Gasteiger partial charge is 0.267 e. The van der Waals surface area contributed by atoms with E-state index in [-0.39, 0.29) is 11.7 Å². The van der Waals surface area contributed by atoms with Crippen molar-refractivity contribution < 1.29 is 13.2 Å². The highest BCUT2D eigenvalue weighted by Crippen LogP contribution is 2.32. The molecule has 0 saturated heterocycles. The van der Waals surface area contributed by atoms with E-state index in [1.807, 2.05) is 16.8 Å². The fourth-order valence-corrected chi connectivity index (χ4v) is 2.68. The Hall–Kier alpha value is -1.34. The van der Waals surface area contributed by atoms with E-state index in [0.717, 1.165) is 12.8 Å². The molecule has 1 aliphatic rings. The minimum Gasteiger partial charge on any atom is -0.351 e. The summed E-state index contributed by atoms with van der Waals surface area (Å²) in [4.78, 5) is 12.0. The molecule has 3 N–H and O–H groups in total. The molecule has 0 bridgehead atoms. The van der Waals surface area contributed by atoms with E-state index in [1.165, 1.54) is 6.42 Å². The van der Waals surface area contributed by atoms with Crippen LogP contribution in [-0.4, -0.2) is 31.2 Å². The van der Waals surface area contributed by atoms with Gasteiger partial charge in [0.25, 0.3) is 5.91 Å². The van der Waals surface area contributed by atoms with E-state index in [0.29, 0.717) is 24.7 Å². The zero-order chi connectivity index (χ0) is 13.9. The van der Waals surface area contributed by atoms with Crippen LogP contribution in [0.5, 0.6) is 0 Å². The Kier molecular flexibility index (Phi) is 4.26. The molecule has 1 amide bonds. The van der Waals surface area contributed by atoms with E-state index in [4.69, 9.17) is 5.14 Å². The van der Waals surface area contributed by atoms with E-state index in [2.05, 4.69) is 5.32 Å². The third-order valence-corrected chi connectivity index (χ3v) is 4.23. The van der Waals surface area contributed by atoms with Crippen LogP contribution < -0.4 is 10.5 Å². The summed E-state index contributed by atoms with van der Waals surface area (Å²) in [6.45, 7) is 0.311. The van der Waals surface area contributed by atoms with Crippen LogP contribution in [-0.2, 0) is 10.0 Å². The summed E-state index contributed by atoms with van der Waals surface area (Å²) in [5, 5.41) is 7.61. The van der Waals surface area contributed by atoms with Gasteiger partial charge in [-0.15, -0.1) is 0 Å². The Balaban J connectivity index is 1.84. The number of amides is 1. The van der Waals surface area contributed by atoms with Crippen molar-refractivity contribution in [3.05, 3.63) is 24.0 Å². The lowest BCUT2D eigenvalue weighted by atomic mass is 9.93. The van der Waals surface area contributed by atoms with Crippen LogP contribution in [0.3, 0.4) is 0 Å². The number of rotatable bonds is 6. The predicted octanol–water partition coefficient (Wildman–Crippen LogP) is 0.622. The summed E-state index contributed by atoms with van der Waals surface area (Å²) in [6, 6.07) is 4.07. The van der Waals surface area contributed by atoms with Gasteiger partial charge in [-0.1, -0.05) is 0 Å². The normalized spacial score (nSPS) is 16.1. The molecule has 0 aliphatic heterocycles. The van der Waals surface area contributed by atoms with Gasteiger partial charge in [0.05, 0.1) is 5.75 Å². The van der Waals surface area contributed by atoms with Crippen LogP contribution in [0.25, 0.3) is 0 Å². The number of sulfonamides is 1. The van der Waals surface area contributed by atoms with Gasteiger partial charge >= 0.3 is 0 Å². The Morgan fingerprint density at radius 3 is 2.79 bits per heavy atom. The zero-order valence-electron chi connectivity index (χ0n) is 10.7. The molecular weight excluding hydrogens is 266 g/mol. The van der Waals surface area contributed by atoms with Gasteiger partial charge in [-0.3, -0.25) is 4.79 Å². The molecule has 0 radical (unpaired) electrons. The summed E-state index contributed by atoms with van der Waals surface area (Å²) in [5.41, 5.74) is 0.639. The average molecular weight is 285 g/mol. The summed E-state index contributed by atoms with van der Waals surface area (Å²) < 4.78 is 23.5. The molecule has 0 spiro atoms. The molecule has 2 rings (SSSR count). The zero-order valence-corrected chi connectivity index (χ0v) is 11.5. The summed E-state index contributed by atoms with van der Waals surface area (Å²) in [7, 11) is -3.45. The van der Waals surface area contributed by atoms with Crippen molar-refractivity contribution in [3.63, 3.8) is 0 Å². The summed E-state index contributed by atoms with van der Waals surface area (Å²) in [6.07, 6.45) is 5.68. The van der Waals surface area contributed by atoms with Crippen LogP contribution in [0.2, 0.25) is 0 Å². The van der Waals surface area contributed by atoms with Crippen molar-refractivity contribution in [1.82, 2.24) is 9.88 Å². The number of nitrogens with two attached hydrogens (primary N) is 1. The fourth-order valence-electron chi connectivity index (χ4n) is 2.14. The van der Waals surface area contributed by atoms with Crippen molar-refractivity contribution in [2.75, 3.05) is 12.3 Å². The fraction of sp³-hybridized carbons (Fsp3) is 0.583. The van der Waals surface area contributed by atoms with Crippen LogP contribution in [0.4, 0.5) is 0 Å². The lowest BCUT2D eigenvalue weighted by Gasteiger charge is -2.28. The largest absolute Gasteiger partial charge is 0.351 e. The number of hydrogen-bond donors (Lipinski definition) is 2. The Labute approximate surface area is 113 Å². The lowest BCUT2D eigenvalue weighted by Crippen LogP contribution is -2.30. The molecule has 1 aromatic heterocycles. The lowest BCUT2D eigenvalue weighted by molar-refractivity contribution is 0.0938. The molecule has 0 aromatic carbocycles. The van der Waals surface area contributed by atoms with E-state index in [1.54, 1.807) is 6.07 Å². The summed E-state index contributed by atoms with van der Waals surface area (Å²) in [5.74, 6) is -0.275. The van der Waals surface area contributed by atoms with Crippen LogP contribution in [0.15, 0.2) is 18.3 Å². The van der Waals surface area contributed by atoms with Gasteiger partial charge in [-0.05, 0) is 37.8 Å². The summed E-state index contributed by atoms with van der Waals surface area (Å²) >= 11 is 0. The van der Waals surface area contributed by atoms with Gasteiger partial charge in [-0.25, -0.2) is 13.6 Å². The second-order valence-electron chi connectivity index (χ2n) is 4.86. The van der Waals surface area contributed by atoms with Gasteiger partial charge in [0.1, 0.15) is 5.69 Å². The van der Waals surface area contributed by atoms with Crippen LogP contribution in [0.1, 0.15) is 42.2 Å². The number of aromatic nitrogens is 1. The van der Waals surface area contributed by atoms with Crippen LogP contribution in [0, 0.1) is 0 Å². The first-order valence-electron chi connectivity index (χ1n) is 6.43. The van der Waals surface area contributed by atoms with Crippen LogP contribution >= 0.6 is 0 Å². The highest BCUT2D eigenvalue weighted by Gasteiger charge is 2.22. The Bertz CT molecular complexity index is 546. The third-order valence-electron chi connectivity index (χ3n) is 3.37. The number of hydrogen-bond acceptors (Lipinski definition) is 3. The second-order valence-corrected chi connectivity index (χ2v) is 6.60. The maximum atomic E-state index is 12.0. The van der Waals surface area contributed by atoms with E-state index < -0.39 is 10.0 Å². The molecule has 1 aliphatic carbocycles. The predicted molar refractivity (Wildman–Crippen MR) is 72.2 cm³/mol. The van der Waals surface area contributed by atoms with E-state index >= 15 is 0 Å². The minimum atomic E-state index is -3.45. The molecule has 106 valence electrons. The minimum absolute atomic E-state index is 0.114. The number of primary sulfonamides is 1. The van der Waals surface area contributed by atoms with Gasteiger partial charge in [0.2, 0.25) is 10.0 Å². The molecule has 1 saturated carbocycles. The van der Waals surface area contributed by atoms with Crippen molar-refractivity contribution in [2.45, 2.75) is 31.7 Å². The highest BCUT2D eigenvalue weighted by molar-refractivity contribution is 7.89. The SMILES string of the molecule is NS(=O)(=O)CCCNC(=O)c1cccn1C1CCC1. The maximum absolute atomic E-state index is 12.0. The van der Waals surface area contributed by atoms with Crippen molar-refractivity contribution in [1.29, 1.82) is 0 Å². The molecule has 1 aromatic rings.